The number of imide groups is 1. The molecule has 3 heterocycles. The third kappa shape index (κ3) is 4.35. The van der Waals surface area contributed by atoms with Gasteiger partial charge in [0.05, 0.1) is 23.7 Å². The van der Waals surface area contributed by atoms with E-state index in [1.807, 2.05) is 0 Å². The normalized spacial score (nSPS) is 18.1. The molecule has 1 atom stereocenters. The highest BCUT2D eigenvalue weighted by Crippen LogP contribution is 2.25. The molecule has 0 saturated carbocycles. The van der Waals surface area contributed by atoms with Crippen LogP contribution in [0.1, 0.15) is 32.0 Å². The van der Waals surface area contributed by atoms with Gasteiger partial charge in [0.25, 0.3) is 11.8 Å². The number of aromatic nitrogens is 1. The lowest BCUT2D eigenvalue weighted by Crippen LogP contribution is -2.31. The Morgan fingerprint density at radius 1 is 1.19 bits per heavy atom. The number of ether oxygens (including phenoxy) is 1. The van der Waals surface area contributed by atoms with Gasteiger partial charge < -0.3 is 15.0 Å². The Kier molecular flexibility index (Phi) is 6.10. The van der Waals surface area contributed by atoms with Crippen molar-refractivity contribution in [2.75, 3.05) is 38.7 Å². The molecule has 1 aromatic heterocycles. The molecule has 0 spiro atoms. The maximum absolute atomic E-state index is 12.5. The molecular weight excluding hydrogens is 420 g/mol. The van der Waals surface area contributed by atoms with Crippen LogP contribution in [0.3, 0.4) is 0 Å². The number of carbonyl (C=O) groups excluding carboxylic acids is 4. The molecule has 1 aromatic carbocycles. The highest BCUT2D eigenvalue weighted by molar-refractivity contribution is 7.15. The summed E-state index contributed by atoms with van der Waals surface area (Å²) in [7, 11) is 1.57. The second-order valence-electron chi connectivity index (χ2n) is 7.41. The number of amides is 4. The Balaban J connectivity index is 1.30. The summed E-state index contributed by atoms with van der Waals surface area (Å²) < 4.78 is 4.99. The fourth-order valence-electron chi connectivity index (χ4n) is 3.72. The van der Waals surface area contributed by atoms with E-state index in [1.54, 1.807) is 42.5 Å². The van der Waals surface area contributed by atoms with E-state index in [9.17, 15) is 19.2 Å². The van der Waals surface area contributed by atoms with Crippen molar-refractivity contribution >= 4 is 40.1 Å². The average molecular weight is 442 g/mol. The molecule has 9 nitrogen and oxygen atoms in total. The zero-order chi connectivity index (χ0) is 22.0. The van der Waals surface area contributed by atoms with Crippen molar-refractivity contribution in [2.45, 2.75) is 12.8 Å². The fourth-order valence-corrected chi connectivity index (χ4v) is 4.52. The van der Waals surface area contributed by atoms with Crippen molar-refractivity contribution in [1.82, 2.24) is 14.8 Å². The van der Waals surface area contributed by atoms with Gasteiger partial charge in [0.1, 0.15) is 0 Å². The topological polar surface area (TPSA) is 109 Å². The molecule has 1 fully saturated rings. The van der Waals surface area contributed by atoms with E-state index in [2.05, 4.69) is 10.3 Å². The Morgan fingerprint density at radius 2 is 1.90 bits per heavy atom. The standard InChI is InChI=1S/C21H22N4O5S/c1-30-9-8-24-12-13(10-17(24)26)18(27)23-21-22-11-14(31-21)6-7-25-19(28)15-4-2-3-5-16(15)20(25)29/h2-5,11,13H,6-10,12H2,1H3,(H,22,23,27). The van der Waals surface area contributed by atoms with Crippen molar-refractivity contribution < 1.29 is 23.9 Å². The number of thiazole rings is 1. The molecule has 162 valence electrons. The summed E-state index contributed by atoms with van der Waals surface area (Å²) in [6.07, 6.45) is 2.25. The number of hydrogen-bond donors (Lipinski definition) is 1. The summed E-state index contributed by atoms with van der Waals surface area (Å²) >= 11 is 1.29. The number of nitrogens with one attached hydrogen (secondary N) is 1. The number of fused-ring (bicyclic) bond motifs is 1. The average Bonchev–Trinajstić information content (AvgIpc) is 3.43. The summed E-state index contributed by atoms with van der Waals surface area (Å²) in [5, 5.41) is 3.21. The second kappa shape index (κ2) is 8.94. The minimum Gasteiger partial charge on any atom is -0.383 e. The monoisotopic (exact) mass is 442 g/mol. The molecule has 2 aromatic rings. The Hall–Kier alpha value is -3.11. The van der Waals surface area contributed by atoms with Crippen LogP contribution in [0.15, 0.2) is 30.5 Å². The summed E-state index contributed by atoms with van der Waals surface area (Å²) in [6.45, 7) is 1.51. The SMILES string of the molecule is COCCN1CC(C(=O)Nc2ncc(CCN3C(=O)c4ccccc4C3=O)s2)CC1=O. The summed E-state index contributed by atoms with van der Waals surface area (Å²) in [5.74, 6) is -1.30. The molecule has 31 heavy (non-hydrogen) atoms. The smallest absolute Gasteiger partial charge is 0.261 e. The zero-order valence-electron chi connectivity index (χ0n) is 17.0. The predicted octanol–water partition coefficient (Wildman–Crippen LogP) is 1.42. The number of benzene rings is 1. The van der Waals surface area contributed by atoms with E-state index in [1.165, 1.54) is 16.2 Å². The van der Waals surface area contributed by atoms with E-state index in [0.29, 0.717) is 42.4 Å². The van der Waals surface area contributed by atoms with Crippen LogP contribution in [0.2, 0.25) is 0 Å². The zero-order valence-corrected chi connectivity index (χ0v) is 17.8. The van der Waals surface area contributed by atoms with Crippen molar-refractivity contribution in [3.05, 3.63) is 46.5 Å². The van der Waals surface area contributed by atoms with Crippen molar-refractivity contribution in [3.63, 3.8) is 0 Å². The summed E-state index contributed by atoms with van der Waals surface area (Å²) in [4.78, 5) is 57.3. The van der Waals surface area contributed by atoms with Gasteiger partial charge in [-0.3, -0.25) is 24.1 Å². The second-order valence-corrected chi connectivity index (χ2v) is 8.53. The van der Waals surface area contributed by atoms with Crippen molar-refractivity contribution in [3.8, 4) is 0 Å². The van der Waals surface area contributed by atoms with Crippen molar-refractivity contribution in [2.24, 2.45) is 5.92 Å². The fraction of sp³-hybridized carbons (Fsp3) is 0.381. The maximum atomic E-state index is 12.5. The van der Waals surface area contributed by atoms with Crippen LogP contribution < -0.4 is 5.32 Å². The number of methoxy groups -OCH3 is 1. The van der Waals surface area contributed by atoms with E-state index in [4.69, 9.17) is 4.74 Å². The quantitative estimate of drug-likeness (QED) is 0.620. The van der Waals surface area contributed by atoms with Crippen molar-refractivity contribution in [1.29, 1.82) is 0 Å². The molecule has 2 aliphatic rings. The van der Waals surface area contributed by atoms with Gasteiger partial charge in [0, 0.05) is 50.7 Å². The molecule has 10 heteroatoms. The third-order valence-electron chi connectivity index (χ3n) is 5.39. The van der Waals surface area contributed by atoms with Gasteiger partial charge in [-0.05, 0) is 12.1 Å². The molecule has 0 bridgehead atoms. The predicted molar refractivity (Wildman–Crippen MR) is 113 cm³/mol. The Bertz CT molecular complexity index is 1000. The molecular formula is C21H22N4O5S. The molecule has 0 radical (unpaired) electrons. The highest BCUT2D eigenvalue weighted by atomic mass is 32.1. The number of carbonyl (C=O) groups is 4. The first kappa shape index (κ1) is 21.1. The van der Waals surface area contributed by atoms with Gasteiger partial charge in [0.2, 0.25) is 11.8 Å². The molecule has 1 saturated heterocycles. The Morgan fingerprint density at radius 3 is 2.58 bits per heavy atom. The van der Waals surface area contributed by atoms with Crippen LogP contribution in [-0.2, 0) is 20.7 Å². The van der Waals surface area contributed by atoms with E-state index in [-0.39, 0.29) is 36.6 Å². The first-order valence-corrected chi connectivity index (χ1v) is 10.8. The van der Waals surface area contributed by atoms with Crippen LogP contribution >= 0.6 is 11.3 Å². The first-order valence-electron chi connectivity index (χ1n) is 9.95. The van der Waals surface area contributed by atoms with Gasteiger partial charge in [-0.2, -0.15) is 0 Å². The number of rotatable bonds is 8. The first-order chi connectivity index (χ1) is 15.0. The van der Waals surface area contributed by atoms with Gasteiger partial charge in [-0.15, -0.1) is 11.3 Å². The summed E-state index contributed by atoms with van der Waals surface area (Å²) in [5.41, 5.74) is 0.853. The number of nitrogens with zero attached hydrogens (tertiary/aromatic N) is 3. The maximum Gasteiger partial charge on any atom is 0.261 e. The van der Waals surface area contributed by atoms with Crippen LogP contribution in [0, 0.1) is 5.92 Å². The van der Waals surface area contributed by atoms with Crippen LogP contribution in [-0.4, -0.2) is 71.8 Å². The highest BCUT2D eigenvalue weighted by Gasteiger charge is 2.35. The number of hydrogen-bond acceptors (Lipinski definition) is 7. The lowest BCUT2D eigenvalue weighted by molar-refractivity contribution is -0.128. The van der Waals surface area contributed by atoms with Gasteiger partial charge >= 0.3 is 0 Å². The van der Waals surface area contributed by atoms with Gasteiger partial charge in [-0.1, -0.05) is 12.1 Å². The molecule has 4 amide bonds. The number of likely N-dealkylation sites (tertiary alicyclic amines) is 1. The summed E-state index contributed by atoms with van der Waals surface area (Å²) in [6, 6.07) is 6.78. The molecule has 4 rings (SSSR count). The van der Waals surface area contributed by atoms with E-state index in [0.717, 1.165) is 4.88 Å². The van der Waals surface area contributed by atoms with Crippen LogP contribution in [0.4, 0.5) is 5.13 Å². The lowest BCUT2D eigenvalue weighted by atomic mass is 10.1. The molecule has 1 unspecified atom stereocenters. The minimum atomic E-state index is -0.421. The van der Waals surface area contributed by atoms with Gasteiger partial charge in [0.15, 0.2) is 5.13 Å². The van der Waals surface area contributed by atoms with E-state index < -0.39 is 5.92 Å². The van der Waals surface area contributed by atoms with Crippen LogP contribution in [0.25, 0.3) is 0 Å². The van der Waals surface area contributed by atoms with Gasteiger partial charge in [-0.25, -0.2) is 4.98 Å². The van der Waals surface area contributed by atoms with E-state index >= 15 is 0 Å². The third-order valence-corrected chi connectivity index (χ3v) is 6.37. The Labute approximate surface area is 183 Å². The molecule has 1 N–H and O–H groups in total. The molecule has 0 aliphatic carbocycles. The number of anilines is 1. The largest absolute Gasteiger partial charge is 0.383 e. The molecule has 2 aliphatic heterocycles. The van der Waals surface area contributed by atoms with Crippen LogP contribution in [0.5, 0.6) is 0 Å². The lowest BCUT2D eigenvalue weighted by Gasteiger charge is -2.15. The minimum absolute atomic E-state index is 0.0574.